The van der Waals surface area contributed by atoms with Gasteiger partial charge < -0.3 is 10.4 Å². The Bertz CT molecular complexity index is 479. The molecule has 0 bridgehead atoms. The number of nitrogens with one attached hydrogen (secondary N) is 1. The van der Waals surface area contributed by atoms with E-state index in [2.05, 4.69) is 5.32 Å². The number of nitrogens with zero attached hydrogens (tertiary/aromatic N) is 1. The van der Waals surface area contributed by atoms with E-state index in [1.54, 1.807) is 19.1 Å². The van der Waals surface area contributed by atoms with Crippen molar-refractivity contribution in [3.63, 3.8) is 0 Å². The molecule has 1 atom stereocenters. The van der Waals surface area contributed by atoms with Crippen LogP contribution in [-0.2, 0) is 0 Å². The van der Waals surface area contributed by atoms with Crippen molar-refractivity contribution < 1.29 is 9.90 Å². The number of aliphatic hydroxyl groups excluding tert-OH is 1. The highest BCUT2D eigenvalue weighted by Crippen LogP contribution is 2.23. The zero-order chi connectivity index (χ0) is 14.3. The second kappa shape index (κ2) is 7.17. The van der Waals surface area contributed by atoms with Crippen molar-refractivity contribution in [3.8, 4) is 6.07 Å². The summed E-state index contributed by atoms with van der Waals surface area (Å²) in [4.78, 5) is 13.0. The number of rotatable bonds is 6. The van der Waals surface area contributed by atoms with Crippen LogP contribution in [-0.4, -0.2) is 28.9 Å². The lowest BCUT2D eigenvalue weighted by atomic mass is 9.99. The topological polar surface area (TPSA) is 73.1 Å². The van der Waals surface area contributed by atoms with Gasteiger partial charge in [-0.05, 0) is 25.5 Å². The Balaban J connectivity index is 2.91. The van der Waals surface area contributed by atoms with Crippen LogP contribution in [0.3, 0.4) is 0 Å². The van der Waals surface area contributed by atoms with Crippen molar-refractivity contribution in [2.24, 2.45) is 0 Å². The van der Waals surface area contributed by atoms with E-state index in [0.29, 0.717) is 17.7 Å². The van der Waals surface area contributed by atoms with Gasteiger partial charge in [-0.3, -0.25) is 4.79 Å². The lowest BCUT2D eigenvalue weighted by molar-refractivity contribution is 0.0844. The molecule has 1 aromatic rings. The molecule has 4 nitrogen and oxygen atoms in total. The number of benzene rings is 1. The lowest BCUT2D eigenvalue weighted by Gasteiger charge is -2.27. The fourth-order valence-electron chi connectivity index (χ4n) is 1.47. The summed E-state index contributed by atoms with van der Waals surface area (Å²) < 4.78 is 0. The van der Waals surface area contributed by atoms with Gasteiger partial charge in [0.25, 0.3) is 5.91 Å². The van der Waals surface area contributed by atoms with Crippen molar-refractivity contribution >= 4 is 17.7 Å². The molecular weight excluding hydrogens is 260 g/mol. The first kappa shape index (κ1) is 15.5. The quantitative estimate of drug-likeness (QED) is 0.782. The summed E-state index contributed by atoms with van der Waals surface area (Å²) in [5.41, 5.74) is -0.0831. The summed E-state index contributed by atoms with van der Waals surface area (Å²) >= 11 is 1.33. The SMILES string of the molecule is CCC(C)(CO)NC(=O)c1ccccc1SCC#N. The van der Waals surface area contributed by atoms with E-state index in [4.69, 9.17) is 5.26 Å². The second-order valence-electron chi connectivity index (χ2n) is 4.47. The van der Waals surface area contributed by atoms with Crippen molar-refractivity contribution in [3.05, 3.63) is 29.8 Å². The van der Waals surface area contributed by atoms with Crippen molar-refractivity contribution in [1.29, 1.82) is 5.26 Å². The molecule has 1 rings (SSSR count). The fourth-order valence-corrected chi connectivity index (χ4v) is 2.18. The molecule has 0 aromatic heterocycles. The standard InChI is InChI=1S/C14H18N2O2S/c1-3-14(2,10-17)16-13(18)11-6-4-5-7-12(11)19-9-8-15/h4-7,17H,3,9-10H2,1-2H3,(H,16,18). The van der Waals surface area contributed by atoms with Crippen molar-refractivity contribution in [2.75, 3.05) is 12.4 Å². The summed E-state index contributed by atoms with van der Waals surface area (Å²) in [6, 6.07) is 9.21. The van der Waals surface area contributed by atoms with Gasteiger partial charge in [-0.25, -0.2) is 0 Å². The van der Waals surface area contributed by atoms with Gasteiger partial charge in [0.15, 0.2) is 0 Å². The largest absolute Gasteiger partial charge is 0.394 e. The number of aliphatic hydroxyl groups is 1. The molecule has 19 heavy (non-hydrogen) atoms. The minimum Gasteiger partial charge on any atom is -0.394 e. The smallest absolute Gasteiger partial charge is 0.252 e. The molecule has 0 saturated carbocycles. The molecule has 0 heterocycles. The maximum Gasteiger partial charge on any atom is 0.252 e. The van der Waals surface area contributed by atoms with E-state index in [0.717, 1.165) is 4.90 Å². The summed E-state index contributed by atoms with van der Waals surface area (Å²) in [6.07, 6.45) is 0.642. The summed E-state index contributed by atoms with van der Waals surface area (Å²) in [7, 11) is 0. The predicted octanol–water partition coefficient (Wildman–Crippen LogP) is 2.19. The Labute approximate surface area is 117 Å². The van der Waals surface area contributed by atoms with E-state index < -0.39 is 5.54 Å². The predicted molar refractivity (Wildman–Crippen MR) is 76.0 cm³/mol. The van der Waals surface area contributed by atoms with E-state index in [1.807, 2.05) is 25.1 Å². The first-order valence-corrected chi connectivity index (χ1v) is 7.07. The lowest BCUT2D eigenvalue weighted by Crippen LogP contribution is -2.48. The summed E-state index contributed by atoms with van der Waals surface area (Å²) in [5, 5.41) is 20.8. The number of hydrogen-bond acceptors (Lipinski definition) is 4. The maximum absolute atomic E-state index is 12.2. The third-order valence-corrected chi connectivity index (χ3v) is 3.91. The number of nitriles is 1. The highest BCUT2D eigenvalue weighted by Gasteiger charge is 2.24. The van der Waals surface area contributed by atoms with E-state index >= 15 is 0 Å². The molecule has 1 amide bonds. The minimum atomic E-state index is -0.621. The van der Waals surface area contributed by atoms with Crippen molar-refractivity contribution in [2.45, 2.75) is 30.7 Å². The zero-order valence-corrected chi connectivity index (χ0v) is 12.0. The fraction of sp³-hybridized carbons (Fsp3) is 0.429. The average Bonchev–Trinajstić information content (AvgIpc) is 2.45. The Hall–Kier alpha value is -1.51. The van der Waals surface area contributed by atoms with Crippen molar-refractivity contribution in [1.82, 2.24) is 5.32 Å². The Morgan fingerprint density at radius 3 is 2.79 bits per heavy atom. The van der Waals surface area contributed by atoms with E-state index in [9.17, 15) is 9.90 Å². The van der Waals surface area contributed by atoms with Gasteiger partial charge in [-0.2, -0.15) is 5.26 Å². The monoisotopic (exact) mass is 278 g/mol. The third kappa shape index (κ3) is 4.27. The molecule has 1 aromatic carbocycles. The molecule has 0 aliphatic carbocycles. The summed E-state index contributed by atoms with van der Waals surface area (Å²) in [6.45, 7) is 3.60. The molecule has 102 valence electrons. The molecule has 0 fully saturated rings. The third-order valence-electron chi connectivity index (χ3n) is 2.97. The van der Waals surface area contributed by atoms with Crippen LogP contribution in [0.4, 0.5) is 0 Å². The molecule has 2 N–H and O–H groups in total. The zero-order valence-electron chi connectivity index (χ0n) is 11.1. The normalized spacial score (nSPS) is 13.4. The van der Waals surface area contributed by atoms with Gasteiger partial charge in [0, 0.05) is 4.90 Å². The van der Waals surface area contributed by atoms with Gasteiger partial charge >= 0.3 is 0 Å². The van der Waals surface area contributed by atoms with Crippen LogP contribution in [0.1, 0.15) is 30.6 Å². The van der Waals surface area contributed by atoms with E-state index in [1.165, 1.54) is 11.8 Å². The van der Waals surface area contributed by atoms with Crippen LogP contribution < -0.4 is 5.32 Å². The first-order valence-electron chi connectivity index (χ1n) is 6.08. The van der Waals surface area contributed by atoms with Crippen LogP contribution in [0.2, 0.25) is 0 Å². The molecule has 0 saturated heterocycles. The molecule has 0 aliphatic heterocycles. The highest BCUT2D eigenvalue weighted by molar-refractivity contribution is 7.99. The number of thioether (sulfide) groups is 1. The van der Waals surface area contributed by atoms with Crippen LogP contribution in [0.5, 0.6) is 0 Å². The van der Waals surface area contributed by atoms with E-state index in [-0.39, 0.29) is 12.5 Å². The van der Waals surface area contributed by atoms with Gasteiger partial charge in [0.2, 0.25) is 0 Å². The summed E-state index contributed by atoms with van der Waals surface area (Å²) in [5.74, 6) is 0.0782. The molecule has 0 aliphatic rings. The minimum absolute atomic E-state index is 0.108. The molecule has 0 radical (unpaired) electrons. The van der Waals surface area contributed by atoms with Crippen LogP contribution >= 0.6 is 11.8 Å². The molecule has 5 heteroatoms. The Morgan fingerprint density at radius 1 is 1.53 bits per heavy atom. The Morgan fingerprint density at radius 2 is 2.21 bits per heavy atom. The molecule has 0 spiro atoms. The van der Waals surface area contributed by atoms with Gasteiger partial charge in [0.05, 0.1) is 29.5 Å². The van der Waals surface area contributed by atoms with Crippen LogP contribution in [0.25, 0.3) is 0 Å². The van der Waals surface area contributed by atoms with Gasteiger partial charge in [-0.15, -0.1) is 11.8 Å². The van der Waals surface area contributed by atoms with Gasteiger partial charge in [-0.1, -0.05) is 19.1 Å². The average molecular weight is 278 g/mol. The highest BCUT2D eigenvalue weighted by atomic mass is 32.2. The van der Waals surface area contributed by atoms with Crippen LogP contribution in [0, 0.1) is 11.3 Å². The Kier molecular flexibility index (Phi) is 5.87. The first-order chi connectivity index (χ1) is 9.06. The number of carbonyl (C=O) groups excluding carboxylic acids is 1. The maximum atomic E-state index is 12.2. The molecular formula is C14H18N2O2S. The molecule has 1 unspecified atom stereocenters. The number of amides is 1. The second-order valence-corrected chi connectivity index (χ2v) is 5.49. The number of hydrogen-bond donors (Lipinski definition) is 2. The number of carbonyl (C=O) groups is 1. The van der Waals surface area contributed by atoms with Crippen LogP contribution in [0.15, 0.2) is 29.2 Å². The van der Waals surface area contributed by atoms with Gasteiger partial charge in [0.1, 0.15) is 0 Å².